The third-order valence-corrected chi connectivity index (χ3v) is 5.39. The molecule has 0 aliphatic heterocycles. The Bertz CT molecular complexity index is 1060. The summed E-state index contributed by atoms with van der Waals surface area (Å²) in [7, 11) is 0. The minimum absolute atomic E-state index is 0.0164. The molecule has 30 heavy (non-hydrogen) atoms. The average Bonchev–Trinajstić information content (AvgIpc) is 3.05. The quantitative estimate of drug-likeness (QED) is 0.412. The zero-order chi connectivity index (χ0) is 21.9. The summed E-state index contributed by atoms with van der Waals surface area (Å²) in [6.07, 6.45) is -3.17. The Hall–Kier alpha value is -2.79. The topological polar surface area (TPSA) is 89.3 Å². The van der Waals surface area contributed by atoms with Gasteiger partial charge in [0.05, 0.1) is 16.7 Å². The van der Waals surface area contributed by atoms with E-state index in [2.05, 4.69) is 9.97 Å². The molecule has 7 nitrogen and oxygen atoms in total. The molecule has 0 spiro atoms. The van der Waals surface area contributed by atoms with Crippen molar-refractivity contribution >= 4 is 28.2 Å². The first-order chi connectivity index (χ1) is 14.2. The second kappa shape index (κ2) is 8.92. The minimum atomic E-state index is -4.47. The first kappa shape index (κ1) is 21.9. The van der Waals surface area contributed by atoms with Crippen LogP contribution in [0.1, 0.15) is 18.2 Å². The van der Waals surface area contributed by atoms with Crippen LogP contribution in [0.4, 0.5) is 13.2 Å². The first-order valence-electron chi connectivity index (χ1n) is 8.77. The SMILES string of the molecule is CC(=O)OCn1c([S@+]([O-])Cc2nccc(OCC(F)(F)F)c2C)nc2ccccc21. The van der Waals surface area contributed by atoms with Crippen LogP contribution < -0.4 is 4.74 Å². The third-order valence-electron chi connectivity index (χ3n) is 4.14. The Morgan fingerprint density at radius 1 is 1.27 bits per heavy atom. The maximum Gasteiger partial charge on any atom is 0.422 e. The molecular weight excluding hydrogens is 423 g/mol. The fraction of sp³-hybridized carbons (Fsp3) is 0.316. The monoisotopic (exact) mass is 441 g/mol. The molecule has 0 unspecified atom stereocenters. The number of hydrogen-bond acceptors (Lipinski definition) is 6. The normalized spacial score (nSPS) is 12.7. The van der Waals surface area contributed by atoms with Gasteiger partial charge in [0.2, 0.25) is 0 Å². The van der Waals surface area contributed by atoms with Crippen LogP contribution in [0.3, 0.4) is 0 Å². The van der Waals surface area contributed by atoms with E-state index in [1.807, 2.05) is 0 Å². The number of benzene rings is 1. The summed E-state index contributed by atoms with van der Waals surface area (Å²) in [5, 5.41) is 0.167. The summed E-state index contributed by atoms with van der Waals surface area (Å²) < 4.78 is 61.8. The Morgan fingerprint density at radius 2 is 2.00 bits per heavy atom. The molecule has 1 aromatic carbocycles. The summed E-state index contributed by atoms with van der Waals surface area (Å²) >= 11 is -1.71. The highest BCUT2D eigenvalue weighted by Gasteiger charge is 2.29. The Morgan fingerprint density at radius 3 is 2.70 bits per heavy atom. The number of halogens is 3. The average molecular weight is 441 g/mol. The number of alkyl halides is 3. The number of pyridine rings is 1. The molecule has 0 aliphatic rings. The van der Waals surface area contributed by atoms with Gasteiger partial charge in [-0.25, -0.2) is 4.57 Å². The number of nitrogens with zero attached hydrogens (tertiary/aromatic N) is 3. The van der Waals surface area contributed by atoms with Gasteiger partial charge < -0.3 is 14.0 Å². The predicted molar refractivity (Wildman–Crippen MR) is 102 cm³/mol. The number of ether oxygens (including phenoxy) is 2. The highest BCUT2D eigenvalue weighted by molar-refractivity contribution is 7.90. The van der Waals surface area contributed by atoms with Gasteiger partial charge in [-0.15, -0.1) is 0 Å². The summed E-state index contributed by atoms with van der Waals surface area (Å²) in [5.41, 5.74) is 1.88. The molecule has 0 fully saturated rings. The second-order valence-electron chi connectivity index (χ2n) is 6.35. The van der Waals surface area contributed by atoms with Gasteiger partial charge in [0.15, 0.2) is 19.1 Å². The number of para-hydroxylation sites is 2. The van der Waals surface area contributed by atoms with Gasteiger partial charge in [-0.2, -0.15) is 18.2 Å². The van der Waals surface area contributed by atoms with E-state index in [0.29, 0.717) is 22.3 Å². The molecule has 3 aromatic rings. The summed E-state index contributed by atoms with van der Waals surface area (Å²) in [5.74, 6) is -0.586. The standard InChI is InChI=1S/C19H18F3N3O4S/c1-12-15(23-8-7-17(12)28-10-19(20,21)22)9-30(27)18-24-14-5-3-4-6-16(14)25(18)11-29-13(2)26/h3-8H,9-11H2,1-2H3/t30-/m1/s1. The van der Waals surface area contributed by atoms with Crippen molar-refractivity contribution in [2.75, 3.05) is 6.61 Å². The fourth-order valence-electron chi connectivity index (χ4n) is 2.72. The van der Waals surface area contributed by atoms with Gasteiger partial charge in [0.1, 0.15) is 5.75 Å². The molecule has 1 atom stereocenters. The number of hydrogen-bond donors (Lipinski definition) is 0. The molecule has 0 N–H and O–H groups in total. The third kappa shape index (κ3) is 5.22. The van der Waals surface area contributed by atoms with Crippen molar-refractivity contribution in [2.24, 2.45) is 0 Å². The molecule has 160 valence electrons. The first-order valence-corrected chi connectivity index (χ1v) is 10.1. The lowest BCUT2D eigenvalue weighted by Crippen LogP contribution is -2.20. The van der Waals surface area contributed by atoms with Gasteiger partial charge in [-0.1, -0.05) is 12.1 Å². The molecule has 0 amide bonds. The molecule has 0 aliphatic carbocycles. The van der Waals surface area contributed by atoms with Crippen molar-refractivity contribution < 1.29 is 32.0 Å². The largest absolute Gasteiger partial charge is 0.609 e. The van der Waals surface area contributed by atoms with Gasteiger partial charge >= 0.3 is 17.3 Å². The number of carbonyl (C=O) groups is 1. The highest BCUT2D eigenvalue weighted by Crippen LogP contribution is 2.27. The molecule has 2 aromatic heterocycles. The summed E-state index contributed by atoms with van der Waals surface area (Å²) in [6, 6.07) is 8.35. The Balaban J connectivity index is 1.87. The van der Waals surface area contributed by atoms with E-state index < -0.39 is 29.9 Å². The van der Waals surface area contributed by atoms with Crippen molar-refractivity contribution in [3.8, 4) is 5.75 Å². The van der Waals surface area contributed by atoms with E-state index in [1.54, 1.807) is 31.2 Å². The number of aromatic nitrogens is 3. The fourth-order valence-corrected chi connectivity index (χ4v) is 3.98. The number of carbonyl (C=O) groups excluding carboxylic acids is 1. The lowest BCUT2D eigenvalue weighted by molar-refractivity contribution is -0.153. The van der Waals surface area contributed by atoms with Crippen LogP contribution in [0.15, 0.2) is 41.7 Å². The lowest BCUT2D eigenvalue weighted by Gasteiger charge is -2.15. The maximum absolute atomic E-state index is 13.1. The molecule has 0 saturated carbocycles. The number of rotatable bonds is 7. The van der Waals surface area contributed by atoms with Crippen LogP contribution >= 0.6 is 0 Å². The van der Waals surface area contributed by atoms with Crippen molar-refractivity contribution in [2.45, 2.75) is 37.7 Å². The molecule has 3 rings (SSSR count). The summed E-state index contributed by atoms with van der Waals surface area (Å²) in [6.45, 7) is 1.21. The van der Waals surface area contributed by atoms with Crippen molar-refractivity contribution in [1.29, 1.82) is 0 Å². The van der Waals surface area contributed by atoms with E-state index in [-0.39, 0.29) is 23.4 Å². The van der Waals surface area contributed by atoms with Crippen LogP contribution in [0, 0.1) is 6.92 Å². The molecular formula is C19H18F3N3O4S. The minimum Gasteiger partial charge on any atom is -0.609 e. The molecule has 11 heteroatoms. The van der Waals surface area contributed by atoms with Gasteiger partial charge in [0, 0.05) is 29.9 Å². The van der Waals surface area contributed by atoms with Crippen molar-refractivity contribution in [1.82, 2.24) is 14.5 Å². The van der Waals surface area contributed by atoms with E-state index in [9.17, 15) is 22.5 Å². The van der Waals surface area contributed by atoms with Crippen LogP contribution in [0.25, 0.3) is 11.0 Å². The second-order valence-corrected chi connectivity index (χ2v) is 7.70. The molecule has 2 heterocycles. The zero-order valence-electron chi connectivity index (χ0n) is 16.1. The Kier molecular flexibility index (Phi) is 6.52. The number of imidazole rings is 1. The van der Waals surface area contributed by atoms with Gasteiger partial charge in [-0.3, -0.25) is 9.78 Å². The van der Waals surface area contributed by atoms with E-state index >= 15 is 0 Å². The smallest absolute Gasteiger partial charge is 0.422 e. The summed E-state index contributed by atoms with van der Waals surface area (Å²) in [4.78, 5) is 19.7. The molecule has 0 saturated heterocycles. The van der Waals surface area contributed by atoms with E-state index in [4.69, 9.17) is 9.47 Å². The van der Waals surface area contributed by atoms with E-state index in [0.717, 1.165) is 0 Å². The van der Waals surface area contributed by atoms with Crippen LogP contribution in [0.2, 0.25) is 0 Å². The maximum atomic E-state index is 13.1. The van der Waals surface area contributed by atoms with Crippen molar-refractivity contribution in [3.63, 3.8) is 0 Å². The molecule has 0 radical (unpaired) electrons. The zero-order valence-corrected chi connectivity index (χ0v) is 16.9. The highest BCUT2D eigenvalue weighted by atomic mass is 32.2. The predicted octanol–water partition coefficient (Wildman–Crippen LogP) is 3.51. The lowest BCUT2D eigenvalue weighted by atomic mass is 10.2. The van der Waals surface area contributed by atoms with Gasteiger partial charge in [0.25, 0.3) is 0 Å². The number of fused-ring (bicyclic) bond motifs is 1. The van der Waals surface area contributed by atoms with E-state index in [1.165, 1.54) is 23.8 Å². The Labute approximate surface area is 173 Å². The van der Waals surface area contributed by atoms with Crippen LogP contribution in [0.5, 0.6) is 5.75 Å². The number of esters is 1. The van der Waals surface area contributed by atoms with Gasteiger partial charge in [-0.05, 0) is 25.1 Å². The van der Waals surface area contributed by atoms with Crippen molar-refractivity contribution in [3.05, 3.63) is 47.8 Å². The molecule has 0 bridgehead atoms. The van der Waals surface area contributed by atoms with Crippen LogP contribution in [-0.2, 0) is 33.2 Å². The van der Waals surface area contributed by atoms with Crippen LogP contribution in [-0.4, -0.2) is 37.8 Å².